The van der Waals surface area contributed by atoms with E-state index in [2.05, 4.69) is 16.4 Å². The summed E-state index contributed by atoms with van der Waals surface area (Å²) in [6, 6.07) is 4.44. The number of pyridine rings is 1. The molecule has 20 heavy (non-hydrogen) atoms. The average molecular weight is 298 g/mol. The molecule has 0 atom stereocenters. The summed E-state index contributed by atoms with van der Waals surface area (Å²) in [6.07, 6.45) is 0.355. The Morgan fingerprint density at radius 3 is 2.90 bits per heavy atom. The minimum Gasteiger partial charge on any atom is -0.365 e. The molecule has 0 amide bonds. The van der Waals surface area contributed by atoms with Gasteiger partial charge < -0.3 is 5.32 Å². The van der Waals surface area contributed by atoms with Gasteiger partial charge in [-0.25, -0.2) is 4.98 Å². The Bertz CT molecular complexity index is 598. The van der Waals surface area contributed by atoms with E-state index in [0.717, 1.165) is 23.8 Å². The van der Waals surface area contributed by atoms with E-state index in [-0.39, 0.29) is 5.82 Å². The second-order valence-corrected chi connectivity index (χ2v) is 5.99. The lowest BCUT2D eigenvalue weighted by Crippen LogP contribution is -2.11. The van der Waals surface area contributed by atoms with E-state index in [1.807, 2.05) is 0 Å². The molecular weight excluding hydrogens is 285 g/mol. The highest BCUT2D eigenvalue weighted by Gasteiger charge is 2.34. The van der Waals surface area contributed by atoms with Gasteiger partial charge >= 0.3 is 6.18 Å². The van der Waals surface area contributed by atoms with Crippen molar-refractivity contribution in [2.45, 2.75) is 32.0 Å². The number of hydrogen-bond donors (Lipinski definition) is 1. The van der Waals surface area contributed by atoms with E-state index in [9.17, 15) is 13.2 Å². The summed E-state index contributed by atoms with van der Waals surface area (Å²) in [4.78, 5) is 6.23. The zero-order valence-electron chi connectivity index (χ0n) is 10.6. The fourth-order valence-electron chi connectivity index (χ4n) is 2.42. The maximum absolute atomic E-state index is 12.8. The van der Waals surface area contributed by atoms with Crippen LogP contribution in [0.2, 0.25) is 0 Å². The average Bonchev–Trinajstić information content (AvgIpc) is 2.96. The maximum atomic E-state index is 12.8. The first-order valence-corrected chi connectivity index (χ1v) is 7.22. The summed E-state index contributed by atoms with van der Waals surface area (Å²) in [5.74, 6) is -0.103. The van der Waals surface area contributed by atoms with Crippen LogP contribution in [0, 0.1) is 0 Å². The van der Waals surface area contributed by atoms with Crippen LogP contribution in [-0.2, 0) is 25.6 Å². The molecule has 106 valence electrons. The van der Waals surface area contributed by atoms with Crippen LogP contribution in [0.4, 0.5) is 19.0 Å². The number of alkyl halides is 3. The zero-order valence-corrected chi connectivity index (χ0v) is 11.4. The molecule has 3 rings (SSSR count). The Kier molecular flexibility index (Phi) is 3.41. The molecule has 0 unspecified atom stereocenters. The van der Waals surface area contributed by atoms with E-state index >= 15 is 0 Å². The summed E-state index contributed by atoms with van der Waals surface area (Å²) in [6.45, 7) is 0.387. The number of rotatable bonds is 3. The SMILES string of the molecule is FC(F)(F)c1cccnc1NCc1cc2c(s1)CCC2. The first-order valence-electron chi connectivity index (χ1n) is 6.40. The summed E-state index contributed by atoms with van der Waals surface area (Å²) < 4.78 is 38.5. The monoisotopic (exact) mass is 298 g/mol. The van der Waals surface area contributed by atoms with Crippen molar-refractivity contribution in [1.82, 2.24) is 4.98 Å². The van der Waals surface area contributed by atoms with Crippen LogP contribution in [-0.4, -0.2) is 4.98 Å². The normalized spacial score (nSPS) is 14.3. The number of anilines is 1. The van der Waals surface area contributed by atoms with Gasteiger partial charge in [-0.3, -0.25) is 0 Å². The van der Waals surface area contributed by atoms with Crippen molar-refractivity contribution in [2.24, 2.45) is 0 Å². The first kappa shape index (κ1) is 13.4. The Morgan fingerprint density at radius 2 is 2.15 bits per heavy atom. The highest BCUT2D eigenvalue weighted by Crippen LogP contribution is 2.34. The molecule has 0 fully saturated rings. The highest BCUT2D eigenvalue weighted by atomic mass is 32.1. The van der Waals surface area contributed by atoms with Crippen molar-refractivity contribution >= 4 is 17.2 Å². The molecule has 0 spiro atoms. The van der Waals surface area contributed by atoms with Gasteiger partial charge in [-0.15, -0.1) is 11.3 Å². The number of thiophene rings is 1. The second kappa shape index (κ2) is 5.09. The number of fused-ring (bicyclic) bond motifs is 1. The fraction of sp³-hybridized carbons (Fsp3) is 0.357. The van der Waals surface area contributed by atoms with Crippen LogP contribution in [0.3, 0.4) is 0 Å². The Morgan fingerprint density at radius 1 is 1.30 bits per heavy atom. The van der Waals surface area contributed by atoms with Crippen LogP contribution < -0.4 is 5.32 Å². The Hall–Kier alpha value is -1.56. The largest absolute Gasteiger partial charge is 0.419 e. The number of hydrogen-bond acceptors (Lipinski definition) is 3. The van der Waals surface area contributed by atoms with Crippen molar-refractivity contribution in [3.05, 3.63) is 45.3 Å². The minimum atomic E-state index is -4.38. The molecule has 0 saturated carbocycles. The van der Waals surface area contributed by atoms with Gasteiger partial charge in [-0.05, 0) is 43.0 Å². The Labute approximate surface area is 118 Å². The van der Waals surface area contributed by atoms with Crippen LogP contribution >= 0.6 is 11.3 Å². The van der Waals surface area contributed by atoms with E-state index < -0.39 is 11.7 Å². The van der Waals surface area contributed by atoms with Crippen molar-refractivity contribution in [3.63, 3.8) is 0 Å². The number of halogens is 3. The lowest BCUT2D eigenvalue weighted by atomic mass is 10.2. The van der Waals surface area contributed by atoms with Crippen molar-refractivity contribution < 1.29 is 13.2 Å². The molecular formula is C14H13F3N2S. The molecule has 2 heterocycles. The van der Waals surface area contributed by atoms with Crippen LogP contribution in [0.5, 0.6) is 0 Å². The van der Waals surface area contributed by atoms with Crippen LogP contribution in [0.1, 0.15) is 27.3 Å². The number of nitrogens with one attached hydrogen (secondary N) is 1. The molecule has 6 heteroatoms. The van der Waals surface area contributed by atoms with Gasteiger partial charge in [0, 0.05) is 16.0 Å². The zero-order chi connectivity index (χ0) is 14.2. The third-order valence-corrected chi connectivity index (χ3v) is 4.58. The molecule has 0 radical (unpaired) electrons. The van der Waals surface area contributed by atoms with Crippen molar-refractivity contribution in [3.8, 4) is 0 Å². The third kappa shape index (κ3) is 2.65. The molecule has 0 saturated heterocycles. The first-order chi connectivity index (χ1) is 9.54. The van der Waals surface area contributed by atoms with Crippen LogP contribution in [0.25, 0.3) is 0 Å². The predicted molar refractivity (Wildman–Crippen MR) is 72.9 cm³/mol. The van der Waals surface area contributed by atoms with E-state index in [4.69, 9.17) is 0 Å². The smallest absolute Gasteiger partial charge is 0.365 e. The number of aryl methyl sites for hydroxylation is 2. The summed E-state index contributed by atoms with van der Waals surface area (Å²) >= 11 is 1.68. The molecule has 0 aliphatic heterocycles. The maximum Gasteiger partial charge on any atom is 0.419 e. The molecule has 1 aliphatic carbocycles. The number of nitrogens with zero attached hydrogens (tertiary/aromatic N) is 1. The molecule has 1 N–H and O–H groups in total. The predicted octanol–water partition coefficient (Wildman–Crippen LogP) is 4.26. The Balaban J connectivity index is 1.75. The van der Waals surface area contributed by atoms with Gasteiger partial charge in [-0.2, -0.15) is 13.2 Å². The van der Waals surface area contributed by atoms with Gasteiger partial charge in [0.25, 0.3) is 0 Å². The van der Waals surface area contributed by atoms with Crippen molar-refractivity contribution in [2.75, 3.05) is 5.32 Å². The molecule has 0 bridgehead atoms. The topological polar surface area (TPSA) is 24.9 Å². The highest BCUT2D eigenvalue weighted by molar-refractivity contribution is 7.12. The quantitative estimate of drug-likeness (QED) is 0.915. The van der Waals surface area contributed by atoms with Gasteiger partial charge in [0.1, 0.15) is 5.82 Å². The second-order valence-electron chi connectivity index (χ2n) is 4.77. The molecule has 1 aliphatic rings. The third-order valence-electron chi connectivity index (χ3n) is 3.34. The lowest BCUT2D eigenvalue weighted by molar-refractivity contribution is -0.137. The van der Waals surface area contributed by atoms with E-state index in [1.165, 1.54) is 29.1 Å². The van der Waals surface area contributed by atoms with Crippen molar-refractivity contribution in [1.29, 1.82) is 0 Å². The van der Waals surface area contributed by atoms with Crippen LogP contribution in [0.15, 0.2) is 24.4 Å². The number of aromatic nitrogens is 1. The molecule has 2 nitrogen and oxygen atoms in total. The van der Waals surface area contributed by atoms with Gasteiger partial charge in [0.15, 0.2) is 0 Å². The standard InChI is InChI=1S/C14H13F3N2S/c15-14(16,17)11-4-2-6-18-13(11)19-8-10-7-9-3-1-5-12(9)20-10/h2,4,6-7H,1,3,5,8H2,(H,18,19). The summed E-state index contributed by atoms with van der Waals surface area (Å²) in [5, 5.41) is 2.80. The molecule has 2 aromatic rings. The summed E-state index contributed by atoms with van der Waals surface area (Å²) in [5.41, 5.74) is 0.632. The minimum absolute atomic E-state index is 0.103. The van der Waals surface area contributed by atoms with Gasteiger partial charge in [0.05, 0.1) is 12.1 Å². The van der Waals surface area contributed by atoms with Gasteiger partial charge in [-0.1, -0.05) is 0 Å². The molecule has 2 aromatic heterocycles. The van der Waals surface area contributed by atoms with E-state index in [0.29, 0.717) is 6.54 Å². The molecule has 0 aromatic carbocycles. The van der Waals surface area contributed by atoms with E-state index in [1.54, 1.807) is 11.3 Å². The van der Waals surface area contributed by atoms with Gasteiger partial charge in [0.2, 0.25) is 0 Å². The fourth-order valence-corrected chi connectivity index (χ4v) is 3.62. The summed E-state index contributed by atoms with van der Waals surface area (Å²) in [7, 11) is 0. The lowest BCUT2D eigenvalue weighted by Gasteiger charge is -2.12.